The van der Waals surface area contributed by atoms with Crippen molar-refractivity contribution in [3.8, 4) is 0 Å². The highest BCUT2D eigenvalue weighted by Crippen LogP contribution is 2.31. The summed E-state index contributed by atoms with van der Waals surface area (Å²) in [6, 6.07) is 6.25. The molecular formula is C12H14BrN3S. The monoisotopic (exact) mass is 311 g/mol. The molecule has 0 radical (unpaired) electrons. The maximum atomic E-state index is 5.87. The Labute approximate surface area is 114 Å². The molecule has 0 aliphatic carbocycles. The Balaban J connectivity index is 2.24. The van der Waals surface area contributed by atoms with E-state index in [2.05, 4.69) is 39.1 Å². The van der Waals surface area contributed by atoms with Gasteiger partial charge in [-0.05, 0) is 24.6 Å². The van der Waals surface area contributed by atoms with Crippen LogP contribution in [0.5, 0.6) is 0 Å². The van der Waals surface area contributed by atoms with Crippen LogP contribution in [0.1, 0.15) is 18.5 Å². The molecule has 3 nitrogen and oxygen atoms in total. The molecule has 0 saturated heterocycles. The van der Waals surface area contributed by atoms with Crippen LogP contribution in [0.25, 0.3) is 0 Å². The first-order valence-corrected chi connectivity index (χ1v) is 6.89. The number of benzene rings is 1. The summed E-state index contributed by atoms with van der Waals surface area (Å²) in [6.45, 7) is 1.98. The van der Waals surface area contributed by atoms with Crippen molar-refractivity contribution in [2.24, 2.45) is 12.8 Å². The van der Waals surface area contributed by atoms with Gasteiger partial charge < -0.3 is 10.3 Å². The van der Waals surface area contributed by atoms with E-state index in [1.807, 2.05) is 24.7 Å². The highest BCUT2D eigenvalue weighted by atomic mass is 79.9. The number of halogens is 1. The third kappa shape index (κ3) is 2.91. The highest BCUT2D eigenvalue weighted by molar-refractivity contribution is 9.10. The van der Waals surface area contributed by atoms with E-state index in [4.69, 9.17) is 5.73 Å². The van der Waals surface area contributed by atoms with E-state index in [0.717, 1.165) is 20.1 Å². The third-order valence-electron chi connectivity index (χ3n) is 2.45. The molecule has 0 aliphatic rings. The molecule has 0 fully saturated rings. The zero-order valence-electron chi connectivity index (χ0n) is 9.72. The fourth-order valence-electron chi connectivity index (χ4n) is 1.50. The molecule has 2 rings (SSSR count). The van der Waals surface area contributed by atoms with E-state index in [1.165, 1.54) is 0 Å². The number of aromatic nitrogens is 2. The minimum atomic E-state index is 0.0385. The average Bonchev–Trinajstić information content (AvgIpc) is 2.64. The summed E-state index contributed by atoms with van der Waals surface area (Å²) in [7, 11) is 1.99. The number of nitrogens with zero attached hydrogens (tertiary/aromatic N) is 2. The molecule has 0 unspecified atom stereocenters. The maximum absolute atomic E-state index is 5.87. The second kappa shape index (κ2) is 5.25. The number of rotatable bonds is 3. The van der Waals surface area contributed by atoms with Crippen molar-refractivity contribution in [3.63, 3.8) is 0 Å². The van der Waals surface area contributed by atoms with Gasteiger partial charge in [0.15, 0.2) is 5.16 Å². The van der Waals surface area contributed by atoms with Gasteiger partial charge in [0.25, 0.3) is 0 Å². The van der Waals surface area contributed by atoms with Gasteiger partial charge >= 0.3 is 0 Å². The van der Waals surface area contributed by atoms with Crippen LogP contribution >= 0.6 is 27.7 Å². The molecule has 0 aliphatic heterocycles. The van der Waals surface area contributed by atoms with Crippen LogP contribution in [0, 0.1) is 0 Å². The number of imidazole rings is 1. The number of hydrogen-bond donors (Lipinski definition) is 1. The lowest BCUT2D eigenvalue weighted by Crippen LogP contribution is -2.05. The predicted molar refractivity (Wildman–Crippen MR) is 74.1 cm³/mol. The van der Waals surface area contributed by atoms with Crippen LogP contribution in [0.15, 0.2) is 45.1 Å². The van der Waals surface area contributed by atoms with Gasteiger partial charge in [0.05, 0.1) is 0 Å². The van der Waals surface area contributed by atoms with Crippen LogP contribution in [0.4, 0.5) is 0 Å². The second-order valence-corrected chi connectivity index (χ2v) is 5.79. The standard InChI is InChI=1S/C12H14BrN3S/c1-8(14)10-4-3-9(7-11(10)13)17-12-15-5-6-16(12)2/h3-8H,14H2,1-2H3/t8-/m1/s1. The second-order valence-electron chi connectivity index (χ2n) is 3.89. The van der Waals surface area contributed by atoms with Crippen molar-refractivity contribution in [2.45, 2.75) is 23.0 Å². The first kappa shape index (κ1) is 12.7. The summed E-state index contributed by atoms with van der Waals surface area (Å²) in [5.74, 6) is 0. The van der Waals surface area contributed by atoms with Gasteiger partial charge in [0.1, 0.15) is 0 Å². The Bertz CT molecular complexity index is 522. The smallest absolute Gasteiger partial charge is 0.172 e. The van der Waals surface area contributed by atoms with Crippen molar-refractivity contribution in [1.29, 1.82) is 0 Å². The largest absolute Gasteiger partial charge is 0.329 e. The van der Waals surface area contributed by atoms with Gasteiger partial charge in [-0.2, -0.15) is 0 Å². The SMILES string of the molecule is C[C@@H](N)c1ccc(Sc2nccn2C)cc1Br. The van der Waals surface area contributed by atoms with Gasteiger partial charge in [-0.3, -0.25) is 0 Å². The minimum absolute atomic E-state index is 0.0385. The minimum Gasteiger partial charge on any atom is -0.329 e. The summed E-state index contributed by atoms with van der Waals surface area (Å²) in [6.07, 6.45) is 3.74. The van der Waals surface area contributed by atoms with Gasteiger partial charge in [-0.1, -0.05) is 33.8 Å². The molecule has 1 aromatic carbocycles. The van der Waals surface area contributed by atoms with Crippen molar-refractivity contribution in [1.82, 2.24) is 9.55 Å². The van der Waals surface area contributed by atoms with Gasteiger partial charge in [0.2, 0.25) is 0 Å². The summed E-state index contributed by atoms with van der Waals surface area (Å²) in [5, 5.41) is 0.977. The van der Waals surface area contributed by atoms with E-state index < -0.39 is 0 Å². The summed E-state index contributed by atoms with van der Waals surface area (Å²) in [4.78, 5) is 5.43. The molecule has 2 N–H and O–H groups in total. The quantitative estimate of drug-likeness (QED) is 0.945. The van der Waals surface area contributed by atoms with Crippen molar-refractivity contribution in [2.75, 3.05) is 0 Å². The summed E-state index contributed by atoms with van der Waals surface area (Å²) < 4.78 is 3.05. The fourth-order valence-corrected chi connectivity index (χ4v) is 3.23. The number of aryl methyl sites for hydroxylation is 1. The average molecular weight is 312 g/mol. The van der Waals surface area contributed by atoms with Crippen molar-refractivity contribution >= 4 is 27.7 Å². The van der Waals surface area contributed by atoms with Crippen LogP contribution in [-0.4, -0.2) is 9.55 Å². The molecule has 0 bridgehead atoms. The third-order valence-corrected chi connectivity index (χ3v) is 4.20. The summed E-state index contributed by atoms with van der Waals surface area (Å²) in [5.41, 5.74) is 6.99. The van der Waals surface area contributed by atoms with Gasteiger partial charge in [-0.15, -0.1) is 0 Å². The first-order chi connectivity index (χ1) is 8.08. The van der Waals surface area contributed by atoms with Gasteiger partial charge in [-0.25, -0.2) is 4.98 Å². The van der Waals surface area contributed by atoms with Crippen molar-refractivity contribution < 1.29 is 0 Å². The van der Waals surface area contributed by atoms with Crippen molar-refractivity contribution in [3.05, 3.63) is 40.6 Å². The summed E-state index contributed by atoms with van der Waals surface area (Å²) >= 11 is 5.19. The first-order valence-electron chi connectivity index (χ1n) is 5.28. The van der Waals surface area contributed by atoms with Crippen LogP contribution in [-0.2, 0) is 7.05 Å². The van der Waals surface area contributed by atoms with Crippen LogP contribution in [0.3, 0.4) is 0 Å². The zero-order valence-corrected chi connectivity index (χ0v) is 12.1. The van der Waals surface area contributed by atoms with E-state index >= 15 is 0 Å². The fraction of sp³-hybridized carbons (Fsp3) is 0.250. The number of hydrogen-bond acceptors (Lipinski definition) is 3. The maximum Gasteiger partial charge on any atom is 0.172 e. The molecule has 0 spiro atoms. The highest BCUT2D eigenvalue weighted by Gasteiger charge is 2.08. The number of nitrogens with two attached hydrogens (primary N) is 1. The van der Waals surface area contributed by atoms with E-state index in [-0.39, 0.29) is 6.04 Å². The molecule has 1 heterocycles. The predicted octanol–water partition coefficient (Wildman–Crippen LogP) is 3.35. The molecule has 17 heavy (non-hydrogen) atoms. The lowest BCUT2D eigenvalue weighted by atomic mass is 10.1. The topological polar surface area (TPSA) is 43.8 Å². The van der Waals surface area contributed by atoms with Crippen LogP contribution < -0.4 is 5.73 Å². The Hall–Kier alpha value is -0.780. The molecule has 0 amide bonds. The normalized spacial score (nSPS) is 12.7. The Morgan fingerprint density at radius 1 is 1.47 bits per heavy atom. The molecule has 0 saturated carbocycles. The molecule has 1 atom stereocenters. The Morgan fingerprint density at radius 3 is 2.76 bits per heavy atom. The lowest BCUT2D eigenvalue weighted by molar-refractivity contribution is 0.789. The van der Waals surface area contributed by atoms with Gasteiger partial charge in [0, 0.05) is 34.9 Å². The molecule has 2 aromatic rings. The van der Waals surface area contributed by atoms with Crippen LogP contribution in [0.2, 0.25) is 0 Å². The molecule has 1 aromatic heterocycles. The zero-order chi connectivity index (χ0) is 12.4. The van der Waals surface area contributed by atoms with E-state index in [0.29, 0.717) is 0 Å². The Kier molecular flexibility index (Phi) is 3.91. The molecular weight excluding hydrogens is 298 g/mol. The van der Waals surface area contributed by atoms with E-state index in [9.17, 15) is 0 Å². The van der Waals surface area contributed by atoms with E-state index in [1.54, 1.807) is 18.0 Å². The Morgan fingerprint density at radius 2 is 2.24 bits per heavy atom. The molecule has 90 valence electrons. The molecule has 5 heteroatoms. The lowest BCUT2D eigenvalue weighted by Gasteiger charge is -2.10.